The van der Waals surface area contributed by atoms with Crippen molar-refractivity contribution >= 4 is 11.0 Å². The van der Waals surface area contributed by atoms with Crippen LogP contribution in [0.25, 0.3) is 22.2 Å². The van der Waals surface area contributed by atoms with Crippen molar-refractivity contribution in [1.29, 1.82) is 0 Å². The van der Waals surface area contributed by atoms with Crippen molar-refractivity contribution < 1.29 is 9.15 Å². The van der Waals surface area contributed by atoms with E-state index in [4.69, 9.17) is 9.15 Å². The number of ether oxygens (including phenoxy) is 1. The lowest BCUT2D eigenvalue weighted by molar-refractivity contribution is 0.468. The Hall–Kier alpha value is -3.21. The number of hydrogen-bond acceptors (Lipinski definition) is 5. The van der Waals surface area contributed by atoms with Crippen LogP contribution in [0.4, 0.5) is 0 Å². The monoisotopic (exact) mass is 331 g/mol. The first-order valence-corrected chi connectivity index (χ1v) is 8.17. The molecule has 0 saturated heterocycles. The number of furan rings is 1. The third-order valence-corrected chi connectivity index (χ3v) is 4.15. The van der Waals surface area contributed by atoms with E-state index in [1.807, 2.05) is 37.3 Å². The Morgan fingerprint density at radius 1 is 1.00 bits per heavy atom. The molecule has 0 radical (unpaired) electrons. The molecule has 0 fully saturated rings. The maximum Gasteiger partial charge on any atom is 0.230 e. The summed E-state index contributed by atoms with van der Waals surface area (Å²) in [7, 11) is 0. The first-order valence-electron chi connectivity index (χ1n) is 8.17. The van der Waals surface area contributed by atoms with E-state index in [-0.39, 0.29) is 0 Å². The molecule has 0 aliphatic rings. The molecular formula is C20H17N3O2. The Bertz CT molecular complexity index is 1040. The van der Waals surface area contributed by atoms with E-state index in [2.05, 4.69) is 21.9 Å². The SMILES string of the molecule is CCc1cc(Oc2nccc3occc23)ccc1-c1nccnc1C. The van der Waals surface area contributed by atoms with Gasteiger partial charge in [-0.25, -0.2) is 4.98 Å². The maximum absolute atomic E-state index is 6.01. The van der Waals surface area contributed by atoms with Gasteiger partial charge >= 0.3 is 0 Å². The van der Waals surface area contributed by atoms with Gasteiger partial charge in [-0.05, 0) is 49.2 Å². The van der Waals surface area contributed by atoms with Crippen LogP contribution in [0.2, 0.25) is 0 Å². The molecule has 0 N–H and O–H groups in total. The van der Waals surface area contributed by atoms with Crippen LogP contribution in [-0.4, -0.2) is 15.0 Å². The lowest BCUT2D eigenvalue weighted by Crippen LogP contribution is -1.96. The Balaban J connectivity index is 1.73. The summed E-state index contributed by atoms with van der Waals surface area (Å²) >= 11 is 0. The Morgan fingerprint density at radius 3 is 2.72 bits per heavy atom. The predicted molar refractivity (Wildman–Crippen MR) is 95.7 cm³/mol. The zero-order valence-electron chi connectivity index (χ0n) is 14.1. The lowest BCUT2D eigenvalue weighted by Gasteiger charge is -2.12. The number of pyridine rings is 1. The number of rotatable bonds is 4. The third-order valence-electron chi connectivity index (χ3n) is 4.15. The van der Waals surface area contributed by atoms with Gasteiger partial charge in [-0.2, -0.15) is 0 Å². The Morgan fingerprint density at radius 2 is 1.88 bits per heavy atom. The minimum Gasteiger partial charge on any atom is -0.464 e. The quantitative estimate of drug-likeness (QED) is 0.529. The van der Waals surface area contributed by atoms with E-state index in [1.165, 1.54) is 0 Å². The van der Waals surface area contributed by atoms with Gasteiger partial charge in [-0.3, -0.25) is 9.97 Å². The number of aromatic nitrogens is 3. The van der Waals surface area contributed by atoms with Crippen molar-refractivity contribution in [2.75, 3.05) is 0 Å². The summed E-state index contributed by atoms with van der Waals surface area (Å²) in [5.74, 6) is 1.28. The van der Waals surface area contributed by atoms with E-state index in [9.17, 15) is 0 Å². The Kier molecular flexibility index (Phi) is 3.90. The molecule has 5 nitrogen and oxygen atoms in total. The molecule has 3 heterocycles. The molecule has 5 heteroatoms. The largest absolute Gasteiger partial charge is 0.464 e. The highest BCUT2D eigenvalue weighted by Gasteiger charge is 2.12. The second-order valence-corrected chi connectivity index (χ2v) is 5.71. The van der Waals surface area contributed by atoms with Gasteiger partial charge in [-0.1, -0.05) is 6.92 Å². The average Bonchev–Trinajstić information content (AvgIpc) is 3.12. The minimum absolute atomic E-state index is 0.539. The molecule has 4 rings (SSSR count). The van der Waals surface area contributed by atoms with Crippen molar-refractivity contribution in [2.24, 2.45) is 0 Å². The van der Waals surface area contributed by atoms with Gasteiger partial charge in [0.15, 0.2) is 0 Å². The van der Waals surface area contributed by atoms with Crippen molar-refractivity contribution in [1.82, 2.24) is 15.0 Å². The van der Waals surface area contributed by atoms with Crippen molar-refractivity contribution in [3.63, 3.8) is 0 Å². The van der Waals surface area contributed by atoms with Crippen LogP contribution >= 0.6 is 0 Å². The molecule has 124 valence electrons. The van der Waals surface area contributed by atoms with Crippen LogP contribution < -0.4 is 4.74 Å². The third kappa shape index (κ3) is 2.85. The number of nitrogens with zero attached hydrogens (tertiary/aromatic N) is 3. The summed E-state index contributed by atoms with van der Waals surface area (Å²) in [5, 5.41) is 0.856. The second kappa shape index (κ2) is 6.36. The van der Waals surface area contributed by atoms with Crippen LogP contribution in [0.15, 0.2) is 59.6 Å². The van der Waals surface area contributed by atoms with Gasteiger partial charge in [0.05, 0.1) is 23.0 Å². The molecule has 0 atom stereocenters. The number of hydrogen-bond donors (Lipinski definition) is 0. The summed E-state index contributed by atoms with van der Waals surface area (Å²) < 4.78 is 11.4. The topological polar surface area (TPSA) is 61.0 Å². The van der Waals surface area contributed by atoms with Crippen molar-refractivity contribution in [3.05, 3.63) is 66.4 Å². The maximum atomic E-state index is 6.01. The van der Waals surface area contributed by atoms with Crippen LogP contribution in [0.1, 0.15) is 18.2 Å². The van der Waals surface area contributed by atoms with Gasteiger partial charge in [0, 0.05) is 24.2 Å². The summed E-state index contributed by atoms with van der Waals surface area (Å²) in [6.45, 7) is 4.08. The first kappa shape index (κ1) is 15.3. The number of fused-ring (bicyclic) bond motifs is 1. The molecular weight excluding hydrogens is 314 g/mol. The fraction of sp³-hybridized carbons (Fsp3) is 0.150. The van der Waals surface area contributed by atoms with Gasteiger partial charge in [0.2, 0.25) is 5.88 Å². The average molecular weight is 331 g/mol. The second-order valence-electron chi connectivity index (χ2n) is 5.71. The lowest BCUT2D eigenvalue weighted by atomic mass is 10.0. The minimum atomic E-state index is 0.539. The van der Waals surface area contributed by atoms with Crippen LogP contribution in [0.3, 0.4) is 0 Å². The summed E-state index contributed by atoms with van der Waals surface area (Å²) in [6, 6.07) is 9.67. The van der Waals surface area contributed by atoms with Crippen molar-refractivity contribution in [3.8, 4) is 22.9 Å². The zero-order valence-corrected chi connectivity index (χ0v) is 14.1. The normalized spacial score (nSPS) is 11.0. The number of benzene rings is 1. The van der Waals surface area contributed by atoms with Crippen LogP contribution in [0.5, 0.6) is 11.6 Å². The molecule has 4 aromatic rings. The number of aryl methyl sites for hydroxylation is 2. The van der Waals surface area contributed by atoms with Gasteiger partial charge in [0.25, 0.3) is 0 Å². The Labute approximate surface area is 145 Å². The molecule has 1 aromatic carbocycles. The highest BCUT2D eigenvalue weighted by atomic mass is 16.5. The van der Waals surface area contributed by atoms with Gasteiger partial charge in [0.1, 0.15) is 11.3 Å². The molecule has 0 amide bonds. The molecule has 0 bridgehead atoms. The summed E-state index contributed by atoms with van der Waals surface area (Å²) in [6.07, 6.45) is 7.61. The smallest absolute Gasteiger partial charge is 0.230 e. The van der Waals surface area contributed by atoms with E-state index >= 15 is 0 Å². The van der Waals surface area contributed by atoms with E-state index in [1.54, 1.807) is 24.9 Å². The molecule has 0 unspecified atom stereocenters. The standard InChI is InChI=1S/C20H17N3O2/c1-3-14-12-15(4-5-16(14)19-13(2)21-9-10-22-19)25-20-17-7-11-24-18(17)6-8-23-20/h4-12H,3H2,1-2H3. The molecule has 0 aliphatic heterocycles. The van der Waals surface area contributed by atoms with E-state index < -0.39 is 0 Å². The fourth-order valence-electron chi connectivity index (χ4n) is 2.89. The van der Waals surface area contributed by atoms with Gasteiger partial charge < -0.3 is 9.15 Å². The highest BCUT2D eigenvalue weighted by Crippen LogP contribution is 2.32. The molecule has 0 spiro atoms. The summed E-state index contributed by atoms with van der Waals surface area (Å²) in [5.41, 5.74) is 4.81. The molecule has 25 heavy (non-hydrogen) atoms. The predicted octanol–water partition coefficient (Wildman–Crippen LogP) is 4.95. The molecule has 0 aliphatic carbocycles. The van der Waals surface area contributed by atoms with Crippen molar-refractivity contribution in [2.45, 2.75) is 20.3 Å². The van der Waals surface area contributed by atoms with E-state index in [0.717, 1.165) is 45.7 Å². The summed E-state index contributed by atoms with van der Waals surface area (Å²) in [4.78, 5) is 13.1. The zero-order chi connectivity index (χ0) is 17.2. The van der Waals surface area contributed by atoms with Gasteiger partial charge in [-0.15, -0.1) is 0 Å². The molecule has 3 aromatic heterocycles. The van der Waals surface area contributed by atoms with Crippen LogP contribution in [0, 0.1) is 6.92 Å². The fourth-order valence-corrected chi connectivity index (χ4v) is 2.89. The van der Waals surface area contributed by atoms with E-state index in [0.29, 0.717) is 5.88 Å². The molecule has 0 saturated carbocycles. The first-order chi connectivity index (χ1) is 12.3. The highest BCUT2D eigenvalue weighted by molar-refractivity contribution is 5.82. The van der Waals surface area contributed by atoms with Crippen LogP contribution in [-0.2, 0) is 6.42 Å².